The average Bonchev–Trinajstić information content (AvgIpc) is 3.08. The maximum Gasteiger partial charge on any atom is 0.407 e. The number of ether oxygens (including phenoxy) is 1. The standard InChI is InChI=1S/C26H32N2O5/c1-5-16(14-22(29)30)27-24(31)23(26(2,3)4)28-25(32)33-15-21-19-12-8-6-10-17(19)18-11-7-9-13-20(18)21/h6-13,16,21,23H,5,14-15H2,1-4H3,(H,27,31)(H,28,32)(H,29,30)/t16-,23?/m1/s1. The quantitative estimate of drug-likeness (QED) is 0.554. The lowest BCUT2D eigenvalue weighted by Gasteiger charge is -2.31. The minimum atomic E-state index is -0.987. The first kappa shape index (κ1) is 24.3. The van der Waals surface area contributed by atoms with Gasteiger partial charge in [0.1, 0.15) is 12.6 Å². The van der Waals surface area contributed by atoms with Gasteiger partial charge < -0.3 is 20.5 Å². The highest BCUT2D eigenvalue weighted by atomic mass is 16.5. The van der Waals surface area contributed by atoms with E-state index in [-0.39, 0.29) is 18.9 Å². The molecule has 0 saturated carbocycles. The van der Waals surface area contributed by atoms with Crippen molar-refractivity contribution in [3.05, 3.63) is 59.7 Å². The van der Waals surface area contributed by atoms with Crippen LogP contribution in [0, 0.1) is 5.41 Å². The lowest BCUT2D eigenvalue weighted by molar-refractivity contribution is -0.137. The van der Waals surface area contributed by atoms with E-state index in [4.69, 9.17) is 9.84 Å². The normalized spacial score (nSPS) is 14.5. The molecule has 3 N–H and O–H groups in total. The Labute approximate surface area is 194 Å². The van der Waals surface area contributed by atoms with Gasteiger partial charge in [-0.15, -0.1) is 0 Å². The monoisotopic (exact) mass is 452 g/mol. The molecule has 0 saturated heterocycles. The number of benzene rings is 2. The Bertz CT molecular complexity index is 982. The molecule has 1 aliphatic carbocycles. The summed E-state index contributed by atoms with van der Waals surface area (Å²) in [5.41, 5.74) is 3.89. The third kappa shape index (κ3) is 5.72. The number of nitrogens with one attached hydrogen (secondary N) is 2. The molecule has 7 nitrogen and oxygen atoms in total. The number of aliphatic carboxylic acids is 1. The summed E-state index contributed by atoms with van der Waals surface area (Å²) in [6.45, 7) is 7.45. The zero-order valence-corrected chi connectivity index (χ0v) is 19.6. The van der Waals surface area contributed by atoms with Gasteiger partial charge in [-0.25, -0.2) is 4.79 Å². The first-order chi connectivity index (χ1) is 15.6. The number of amides is 2. The van der Waals surface area contributed by atoms with Crippen molar-refractivity contribution in [1.29, 1.82) is 0 Å². The molecule has 1 aliphatic rings. The van der Waals surface area contributed by atoms with Crippen molar-refractivity contribution in [3.8, 4) is 11.1 Å². The van der Waals surface area contributed by atoms with Gasteiger partial charge in [-0.1, -0.05) is 76.2 Å². The van der Waals surface area contributed by atoms with Gasteiger partial charge in [0.25, 0.3) is 0 Å². The molecule has 2 amide bonds. The van der Waals surface area contributed by atoms with Gasteiger partial charge in [0, 0.05) is 12.0 Å². The van der Waals surface area contributed by atoms with Crippen molar-refractivity contribution in [3.63, 3.8) is 0 Å². The van der Waals surface area contributed by atoms with Crippen LogP contribution >= 0.6 is 0 Å². The molecular weight excluding hydrogens is 420 g/mol. The Morgan fingerprint density at radius 2 is 1.52 bits per heavy atom. The molecule has 2 aromatic carbocycles. The topological polar surface area (TPSA) is 105 Å². The van der Waals surface area contributed by atoms with Gasteiger partial charge in [-0.05, 0) is 34.1 Å². The largest absolute Gasteiger partial charge is 0.481 e. The fourth-order valence-electron chi connectivity index (χ4n) is 4.23. The molecule has 2 atom stereocenters. The maximum atomic E-state index is 12.9. The summed E-state index contributed by atoms with van der Waals surface area (Å²) >= 11 is 0. The van der Waals surface area contributed by atoms with Crippen molar-refractivity contribution in [2.75, 3.05) is 6.61 Å². The predicted molar refractivity (Wildman–Crippen MR) is 126 cm³/mol. The first-order valence-corrected chi connectivity index (χ1v) is 11.3. The van der Waals surface area contributed by atoms with Crippen molar-refractivity contribution in [2.24, 2.45) is 5.41 Å². The van der Waals surface area contributed by atoms with Gasteiger partial charge in [-0.2, -0.15) is 0 Å². The van der Waals surface area contributed by atoms with Gasteiger partial charge in [0.05, 0.1) is 6.42 Å². The summed E-state index contributed by atoms with van der Waals surface area (Å²) in [5.74, 6) is -1.49. The van der Waals surface area contributed by atoms with Crippen molar-refractivity contribution in [2.45, 2.75) is 58.5 Å². The van der Waals surface area contributed by atoms with E-state index in [9.17, 15) is 14.4 Å². The third-order valence-electron chi connectivity index (χ3n) is 5.99. The van der Waals surface area contributed by atoms with E-state index in [1.165, 1.54) is 0 Å². The number of rotatable bonds is 8. The molecule has 3 rings (SSSR count). The lowest BCUT2D eigenvalue weighted by atomic mass is 9.86. The molecule has 0 aliphatic heterocycles. The number of hydrogen-bond acceptors (Lipinski definition) is 4. The maximum absolute atomic E-state index is 12.9. The number of alkyl carbamates (subject to hydrolysis) is 1. The molecule has 33 heavy (non-hydrogen) atoms. The summed E-state index contributed by atoms with van der Waals surface area (Å²) in [6, 6.07) is 14.8. The van der Waals surface area contributed by atoms with Crippen LogP contribution in [0.1, 0.15) is 57.6 Å². The van der Waals surface area contributed by atoms with Gasteiger partial charge in [-0.3, -0.25) is 9.59 Å². The minimum absolute atomic E-state index is 0.0786. The fraction of sp³-hybridized carbons (Fsp3) is 0.423. The van der Waals surface area contributed by atoms with Crippen LogP contribution in [0.25, 0.3) is 11.1 Å². The smallest absolute Gasteiger partial charge is 0.407 e. The number of carboxylic acids is 1. The molecule has 0 aromatic heterocycles. The molecule has 176 valence electrons. The Hall–Kier alpha value is -3.35. The summed E-state index contributed by atoms with van der Waals surface area (Å²) in [6.07, 6.45) is -0.387. The van der Waals surface area contributed by atoms with E-state index in [1.54, 1.807) is 6.92 Å². The Morgan fingerprint density at radius 1 is 0.970 bits per heavy atom. The zero-order valence-electron chi connectivity index (χ0n) is 19.6. The number of carbonyl (C=O) groups is 3. The Balaban J connectivity index is 1.68. The average molecular weight is 453 g/mol. The minimum Gasteiger partial charge on any atom is -0.481 e. The number of fused-ring (bicyclic) bond motifs is 3. The summed E-state index contributed by atoms with van der Waals surface area (Å²) in [7, 11) is 0. The van der Waals surface area contributed by atoms with Crippen molar-refractivity contribution in [1.82, 2.24) is 10.6 Å². The second kappa shape index (κ2) is 10.1. The van der Waals surface area contributed by atoms with Crippen molar-refractivity contribution < 1.29 is 24.2 Å². The lowest BCUT2D eigenvalue weighted by Crippen LogP contribution is -2.55. The fourth-order valence-corrected chi connectivity index (χ4v) is 4.23. The Morgan fingerprint density at radius 3 is 2.00 bits per heavy atom. The molecule has 0 radical (unpaired) electrons. The molecule has 0 bridgehead atoms. The number of carboxylic acid groups (broad SMARTS) is 1. The third-order valence-corrected chi connectivity index (χ3v) is 5.99. The van der Waals surface area contributed by atoms with Crippen LogP contribution in [0.3, 0.4) is 0 Å². The van der Waals surface area contributed by atoms with Gasteiger partial charge >= 0.3 is 12.1 Å². The van der Waals surface area contributed by atoms with E-state index in [2.05, 4.69) is 22.8 Å². The second-order valence-corrected chi connectivity index (χ2v) is 9.48. The molecule has 1 unspecified atom stereocenters. The number of hydrogen-bond donors (Lipinski definition) is 3. The van der Waals surface area contributed by atoms with Crippen LogP contribution in [0.4, 0.5) is 4.79 Å². The van der Waals surface area contributed by atoms with Crippen LogP contribution in [0.5, 0.6) is 0 Å². The molecule has 7 heteroatoms. The van der Waals surface area contributed by atoms with Crippen LogP contribution < -0.4 is 10.6 Å². The molecule has 0 fully saturated rings. The molecular formula is C26H32N2O5. The molecule has 0 heterocycles. The highest BCUT2D eigenvalue weighted by molar-refractivity contribution is 5.87. The Kier molecular flexibility index (Phi) is 7.41. The SMILES string of the molecule is CC[C@H](CC(=O)O)NC(=O)C(NC(=O)OCC1c2ccccc2-c2ccccc21)C(C)(C)C. The van der Waals surface area contributed by atoms with Crippen molar-refractivity contribution >= 4 is 18.0 Å². The van der Waals surface area contributed by atoms with Crippen LogP contribution in [-0.4, -0.2) is 41.8 Å². The highest BCUT2D eigenvalue weighted by Gasteiger charge is 2.35. The van der Waals surface area contributed by atoms with Gasteiger partial charge in [0.15, 0.2) is 0 Å². The summed E-state index contributed by atoms with van der Waals surface area (Å²) < 4.78 is 5.59. The van der Waals surface area contributed by atoms with E-state index < -0.39 is 35.5 Å². The van der Waals surface area contributed by atoms with Crippen LogP contribution in [0.15, 0.2) is 48.5 Å². The summed E-state index contributed by atoms with van der Waals surface area (Å²) in [5, 5.41) is 14.5. The zero-order chi connectivity index (χ0) is 24.2. The molecule has 0 spiro atoms. The van der Waals surface area contributed by atoms with Gasteiger partial charge in [0.2, 0.25) is 5.91 Å². The predicted octanol–water partition coefficient (Wildman–Crippen LogP) is 4.31. The second-order valence-electron chi connectivity index (χ2n) is 9.48. The number of carbonyl (C=O) groups excluding carboxylic acids is 2. The highest BCUT2D eigenvalue weighted by Crippen LogP contribution is 2.44. The van der Waals surface area contributed by atoms with E-state index in [0.29, 0.717) is 6.42 Å². The van der Waals surface area contributed by atoms with Crippen LogP contribution in [0.2, 0.25) is 0 Å². The van der Waals surface area contributed by atoms with E-state index >= 15 is 0 Å². The van der Waals surface area contributed by atoms with E-state index in [1.807, 2.05) is 57.2 Å². The van der Waals surface area contributed by atoms with Crippen LogP contribution in [-0.2, 0) is 14.3 Å². The van der Waals surface area contributed by atoms with E-state index in [0.717, 1.165) is 22.3 Å². The molecule has 2 aromatic rings. The summed E-state index contributed by atoms with van der Waals surface area (Å²) in [4.78, 5) is 36.6. The first-order valence-electron chi connectivity index (χ1n) is 11.3.